The van der Waals surface area contributed by atoms with Crippen LogP contribution >= 0.6 is 11.6 Å². The quantitative estimate of drug-likeness (QED) is 0.919. The SMILES string of the molecule is CC(N)C(N(C)C(C)c1cccc(Cl)c1)C(F)(F)F. The maximum absolute atomic E-state index is 13.0. The molecule has 1 aromatic carbocycles. The molecule has 19 heavy (non-hydrogen) atoms. The molecule has 0 aliphatic heterocycles. The van der Waals surface area contributed by atoms with Crippen molar-refractivity contribution in [1.82, 2.24) is 4.90 Å². The van der Waals surface area contributed by atoms with Gasteiger partial charge in [-0.2, -0.15) is 13.2 Å². The topological polar surface area (TPSA) is 29.3 Å². The van der Waals surface area contributed by atoms with Gasteiger partial charge in [-0.3, -0.25) is 4.90 Å². The van der Waals surface area contributed by atoms with Gasteiger partial charge in [0.2, 0.25) is 0 Å². The Balaban J connectivity index is 3.00. The van der Waals surface area contributed by atoms with E-state index in [1.807, 2.05) is 0 Å². The van der Waals surface area contributed by atoms with Crippen LogP contribution in [-0.4, -0.2) is 30.2 Å². The summed E-state index contributed by atoms with van der Waals surface area (Å²) in [5.74, 6) is 0. The van der Waals surface area contributed by atoms with Crippen molar-refractivity contribution in [2.24, 2.45) is 5.73 Å². The van der Waals surface area contributed by atoms with E-state index < -0.39 is 24.3 Å². The number of nitrogens with zero attached hydrogens (tertiary/aromatic N) is 1. The van der Waals surface area contributed by atoms with Crippen LogP contribution in [0.5, 0.6) is 0 Å². The van der Waals surface area contributed by atoms with Crippen molar-refractivity contribution in [1.29, 1.82) is 0 Å². The second-order valence-corrected chi connectivity index (χ2v) is 5.18. The molecule has 1 aromatic rings. The van der Waals surface area contributed by atoms with Crippen LogP contribution in [0.3, 0.4) is 0 Å². The maximum atomic E-state index is 13.0. The Morgan fingerprint density at radius 2 is 1.84 bits per heavy atom. The van der Waals surface area contributed by atoms with Crippen LogP contribution in [0.25, 0.3) is 0 Å². The van der Waals surface area contributed by atoms with Crippen molar-refractivity contribution in [2.45, 2.75) is 38.1 Å². The Morgan fingerprint density at radius 3 is 2.26 bits per heavy atom. The molecule has 2 N–H and O–H groups in total. The summed E-state index contributed by atoms with van der Waals surface area (Å²) in [5, 5.41) is 0.502. The first kappa shape index (κ1) is 16.3. The smallest absolute Gasteiger partial charge is 0.326 e. The molecule has 1 rings (SSSR count). The van der Waals surface area contributed by atoms with Gasteiger partial charge in [-0.15, -0.1) is 0 Å². The fourth-order valence-electron chi connectivity index (χ4n) is 2.14. The van der Waals surface area contributed by atoms with Crippen molar-refractivity contribution in [3.8, 4) is 0 Å². The Kier molecular flexibility index (Phi) is 5.24. The van der Waals surface area contributed by atoms with Gasteiger partial charge in [0.15, 0.2) is 0 Å². The van der Waals surface area contributed by atoms with Crippen LogP contribution in [0.15, 0.2) is 24.3 Å². The van der Waals surface area contributed by atoms with Crippen molar-refractivity contribution >= 4 is 11.6 Å². The van der Waals surface area contributed by atoms with E-state index in [2.05, 4.69) is 0 Å². The predicted molar refractivity (Wildman–Crippen MR) is 71.1 cm³/mol. The third-order valence-corrected chi connectivity index (χ3v) is 3.45. The van der Waals surface area contributed by atoms with Crippen LogP contribution in [-0.2, 0) is 0 Å². The Hall–Kier alpha value is -0.780. The molecule has 2 nitrogen and oxygen atoms in total. The fraction of sp³-hybridized carbons (Fsp3) is 0.538. The van der Waals surface area contributed by atoms with Crippen molar-refractivity contribution in [3.63, 3.8) is 0 Å². The summed E-state index contributed by atoms with van der Waals surface area (Å²) >= 11 is 5.86. The Labute approximate surface area is 116 Å². The highest BCUT2D eigenvalue weighted by Crippen LogP contribution is 2.32. The van der Waals surface area contributed by atoms with E-state index in [9.17, 15) is 13.2 Å². The number of rotatable bonds is 4. The normalized spacial score (nSPS) is 17.3. The number of benzene rings is 1. The molecule has 0 saturated heterocycles. The number of nitrogens with two attached hydrogens (primary N) is 1. The lowest BCUT2D eigenvalue weighted by molar-refractivity contribution is -0.189. The summed E-state index contributed by atoms with van der Waals surface area (Å²) in [4.78, 5) is 1.23. The zero-order valence-electron chi connectivity index (χ0n) is 11.1. The number of halogens is 4. The maximum Gasteiger partial charge on any atom is 0.405 e. The molecule has 3 unspecified atom stereocenters. The highest BCUT2D eigenvalue weighted by atomic mass is 35.5. The molecule has 0 amide bonds. The highest BCUT2D eigenvalue weighted by Gasteiger charge is 2.45. The summed E-state index contributed by atoms with van der Waals surface area (Å²) in [6.07, 6.45) is -4.37. The van der Waals surface area contributed by atoms with Gasteiger partial charge in [-0.1, -0.05) is 23.7 Å². The zero-order valence-corrected chi connectivity index (χ0v) is 11.8. The number of hydrogen-bond acceptors (Lipinski definition) is 2. The van der Waals surface area contributed by atoms with Crippen molar-refractivity contribution in [3.05, 3.63) is 34.9 Å². The molecule has 6 heteroatoms. The predicted octanol–water partition coefficient (Wildman–Crippen LogP) is 3.61. The van der Waals surface area contributed by atoms with Crippen LogP contribution in [0.4, 0.5) is 13.2 Å². The third-order valence-electron chi connectivity index (χ3n) is 3.21. The van der Waals surface area contributed by atoms with Crippen LogP contribution in [0.1, 0.15) is 25.5 Å². The van der Waals surface area contributed by atoms with Crippen molar-refractivity contribution < 1.29 is 13.2 Å². The van der Waals surface area contributed by atoms with Gasteiger partial charge >= 0.3 is 6.18 Å². The number of alkyl halides is 3. The lowest BCUT2D eigenvalue weighted by Gasteiger charge is -2.36. The lowest BCUT2D eigenvalue weighted by Crippen LogP contribution is -2.54. The van der Waals surface area contributed by atoms with Crippen molar-refractivity contribution in [2.75, 3.05) is 7.05 Å². The molecule has 0 aliphatic rings. The first-order chi connectivity index (χ1) is 8.64. The first-order valence-electron chi connectivity index (χ1n) is 5.94. The van der Waals surface area contributed by atoms with Gasteiger partial charge in [0.1, 0.15) is 6.04 Å². The summed E-state index contributed by atoms with van der Waals surface area (Å²) in [6.45, 7) is 3.06. The molecule has 0 aromatic heterocycles. The van der Waals surface area contributed by atoms with E-state index >= 15 is 0 Å². The molecule has 0 heterocycles. The standard InChI is InChI=1S/C13H18ClF3N2/c1-8(18)12(13(15,16)17)19(3)9(2)10-5-4-6-11(14)7-10/h4-9,12H,18H2,1-3H3. The lowest BCUT2D eigenvalue weighted by atomic mass is 10.0. The minimum Gasteiger partial charge on any atom is -0.326 e. The molecule has 0 bridgehead atoms. The van der Waals surface area contributed by atoms with Crippen LogP contribution in [0.2, 0.25) is 5.02 Å². The van der Waals surface area contributed by atoms with Gasteiger partial charge in [-0.05, 0) is 38.6 Å². The fourth-order valence-corrected chi connectivity index (χ4v) is 2.34. The van der Waals surface area contributed by atoms with E-state index in [-0.39, 0.29) is 0 Å². The minimum absolute atomic E-state index is 0.434. The second-order valence-electron chi connectivity index (χ2n) is 4.74. The average molecular weight is 295 g/mol. The molecular weight excluding hydrogens is 277 g/mol. The summed E-state index contributed by atoms with van der Waals surface area (Å²) in [6, 6.07) is 3.68. The van der Waals surface area contributed by atoms with Gasteiger partial charge in [0, 0.05) is 17.1 Å². The largest absolute Gasteiger partial charge is 0.405 e. The molecule has 3 atom stereocenters. The van der Waals surface area contributed by atoms with E-state index in [1.54, 1.807) is 31.2 Å². The molecule has 0 saturated carbocycles. The zero-order chi connectivity index (χ0) is 14.8. The monoisotopic (exact) mass is 294 g/mol. The van der Waals surface area contributed by atoms with Gasteiger partial charge < -0.3 is 5.73 Å². The average Bonchev–Trinajstić information content (AvgIpc) is 2.25. The summed E-state index contributed by atoms with van der Waals surface area (Å²) < 4.78 is 39.1. The van der Waals surface area contributed by atoms with E-state index in [1.165, 1.54) is 18.9 Å². The van der Waals surface area contributed by atoms with E-state index in [0.717, 1.165) is 5.56 Å². The van der Waals surface area contributed by atoms with Gasteiger partial charge in [0.05, 0.1) is 0 Å². The summed E-state index contributed by atoms with van der Waals surface area (Å²) in [7, 11) is 1.42. The number of hydrogen-bond donors (Lipinski definition) is 1. The molecule has 0 radical (unpaired) electrons. The van der Waals surface area contributed by atoms with E-state index in [4.69, 9.17) is 17.3 Å². The Morgan fingerprint density at radius 1 is 1.26 bits per heavy atom. The molecule has 108 valence electrons. The molecule has 0 aliphatic carbocycles. The van der Waals surface area contributed by atoms with Crippen LogP contribution < -0.4 is 5.73 Å². The van der Waals surface area contributed by atoms with Gasteiger partial charge in [-0.25, -0.2) is 0 Å². The summed E-state index contributed by atoms with van der Waals surface area (Å²) in [5.41, 5.74) is 6.21. The number of likely N-dealkylation sites (N-methyl/N-ethyl adjacent to an activating group) is 1. The second kappa shape index (κ2) is 6.11. The van der Waals surface area contributed by atoms with E-state index in [0.29, 0.717) is 5.02 Å². The Bertz CT molecular complexity index is 421. The molecule has 0 fully saturated rings. The molecular formula is C13H18ClF3N2. The molecule has 0 spiro atoms. The van der Waals surface area contributed by atoms with Crippen LogP contribution in [0, 0.1) is 0 Å². The first-order valence-corrected chi connectivity index (χ1v) is 6.32. The third kappa shape index (κ3) is 4.09. The highest BCUT2D eigenvalue weighted by molar-refractivity contribution is 6.30. The van der Waals surface area contributed by atoms with Gasteiger partial charge in [0.25, 0.3) is 0 Å². The minimum atomic E-state index is -4.37.